The van der Waals surface area contributed by atoms with E-state index in [-0.39, 0.29) is 12.1 Å². The van der Waals surface area contributed by atoms with Gasteiger partial charge in [-0.2, -0.15) is 0 Å². The maximum absolute atomic E-state index is 12.4. The second-order valence-electron chi connectivity index (χ2n) is 5.96. The second kappa shape index (κ2) is 7.78. The molecule has 1 atom stereocenters. The first-order chi connectivity index (χ1) is 12.6. The van der Waals surface area contributed by atoms with Gasteiger partial charge in [-0.3, -0.25) is 0 Å². The van der Waals surface area contributed by atoms with Crippen LogP contribution in [0.15, 0.2) is 60.7 Å². The number of fused-ring (bicyclic) bond motifs is 1. The number of anilines is 1. The number of urea groups is 1. The van der Waals surface area contributed by atoms with E-state index in [1.165, 1.54) is 0 Å². The van der Waals surface area contributed by atoms with Crippen LogP contribution in [0, 0.1) is 0 Å². The Labute approximate surface area is 152 Å². The number of methoxy groups -OCH3 is 2. The molecule has 0 fully saturated rings. The van der Waals surface area contributed by atoms with Crippen molar-refractivity contribution in [3.63, 3.8) is 0 Å². The lowest BCUT2D eigenvalue weighted by atomic mass is 10.00. The van der Waals surface area contributed by atoms with Crippen molar-refractivity contribution >= 4 is 22.5 Å². The number of carbonyl (C=O) groups is 1. The average molecular weight is 350 g/mol. The summed E-state index contributed by atoms with van der Waals surface area (Å²) in [5.74, 6) is 1.18. The summed E-state index contributed by atoms with van der Waals surface area (Å²) in [6.45, 7) is 1.97. The van der Waals surface area contributed by atoms with E-state index in [1.807, 2.05) is 31.2 Å². The smallest absolute Gasteiger partial charge is 0.319 e. The molecule has 0 aliphatic rings. The third-order valence-corrected chi connectivity index (χ3v) is 4.28. The van der Waals surface area contributed by atoms with Gasteiger partial charge < -0.3 is 20.1 Å². The monoisotopic (exact) mass is 350 g/mol. The summed E-state index contributed by atoms with van der Waals surface area (Å²) in [4.78, 5) is 12.4. The van der Waals surface area contributed by atoms with Gasteiger partial charge in [0, 0.05) is 11.8 Å². The van der Waals surface area contributed by atoms with Crippen LogP contribution in [0.2, 0.25) is 0 Å². The van der Waals surface area contributed by atoms with Crippen molar-refractivity contribution in [3.8, 4) is 11.5 Å². The lowest BCUT2D eigenvalue weighted by molar-refractivity contribution is 0.249. The molecule has 0 radical (unpaired) electrons. The minimum absolute atomic E-state index is 0.138. The molecule has 134 valence electrons. The highest BCUT2D eigenvalue weighted by Gasteiger charge is 2.13. The Bertz CT molecular complexity index is 919. The molecule has 3 aromatic carbocycles. The maximum atomic E-state index is 12.4. The van der Waals surface area contributed by atoms with Gasteiger partial charge in [0.1, 0.15) is 0 Å². The predicted octanol–water partition coefficient (Wildman–Crippen LogP) is 4.74. The first-order valence-electron chi connectivity index (χ1n) is 8.39. The topological polar surface area (TPSA) is 59.6 Å². The summed E-state index contributed by atoms with van der Waals surface area (Å²) in [7, 11) is 3.13. The summed E-state index contributed by atoms with van der Waals surface area (Å²) < 4.78 is 10.5. The van der Waals surface area contributed by atoms with E-state index in [9.17, 15) is 4.79 Å². The summed E-state index contributed by atoms with van der Waals surface area (Å²) in [5, 5.41) is 8.10. The van der Waals surface area contributed by atoms with E-state index < -0.39 is 0 Å². The molecule has 3 aromatic rings. The Morgan fingerprint density at radius 3 is 2.42 bits per heavy atom. The number of rotatable bonds is 5. The van der Waals surface area contributed by atoms with Crippen molar-refractivity contribution in [2.24, 2.45) is 0 Å². The number of benzene rings is 3. The van der Waals surface area contributed by atoms with E-state index in [0.29, 0.717) is 17.2 Å². The molecule has 0 aliphatic heterocycles. The highest BCUT2D eigenvalue weighted by Crippen LogP contribution is 2.30. The lowest BCUT2D eigenvalue weighted by Gasteiger charge is -2.17. The molecule has 0 saturated heterocycles. The van der Waals surface area contributed by atoms with Gasteiger partial charge in [0.05, 0.1) is 20.3 Å². The van der Waals surface area contributed by atoms with Gasteiger partial charge in [-0.1, -0.05) is 42.5 Å². The van der Waals surface area contributed by atoms with Crippen molar-refractivity contribution < 1.29 is 14.3 Å². The summed E-state index contributed by atoms with van der Waals surface area (Å²) in [6.07, 6.45) is 0. The molecule has 0 unspecified atom stereocenters. The zero-order valence-corrected chi connectivity index (χ0v) is 15.1. The van der Waals surface area contributed by atoms with Gasteiger partial charge in [-0.25, -0.2) is 4.79 Å². The number of nitrogens with one attached hydrogen (secondary N) is 2. The zero-order chi connectivity index (χ0) is 18.5. The molecular formula is C21H22N2O3. The molecule has 0 aliphatic carbocycles. The van der Waals surface area contributed by atoms with Crippen LogP contribution in [0.4, 0.5) is 10.5 Å². The van der Waals surface area contributed by atoms with Crippen molar-refractivity contribution in [3.05, 3.63) is 66.2 Å². The molecule has 0 saturated carbocycles. The van der Waals surface area contributed by atoms with E-state index in [4.69, 9.17) is 9.47 Å². The fourth-order valence-electron chi connectivity index (χ4n) is 2.98. The molecule has 0 aromatic heterocycles. The highest BCUT2D eigenvalue weighted by molar-refractivity contribution is 5.91. The van der Waals surface area contributed by atoms with Crippen molar-refractivity contribution in [2.45, 2.75) is 13.0 Å². The first-order valence-corrected chi connectivity index (χ1v) is 8.39. The molecule has 5 heteroatoms. The van der Waals surface area contributed by atoms with Crippen LogP contribution in [-0.4, -0.2) is 20.3 Å². The van der Waals surface area contributed by atoms with Crippen LogP contribution in [0.25, 0.3) is 10.8 Å². The lowest BCUT2D eigenvalue weighted by Crippen LogP contribution is -2.31. The third-order valence-electron chi connectivity index (χ3n) is 4.28. The maximum Gasteiger partial charge on any atom is 0.319 e. The zero-order valence-electron chi connectivity index (χ0n) is 15.1. The Hall–Kier alpha value is -3.21. The van der Waals surface area contributed by atoms with Crippen molar-refractivity contribution in [1.29, 1.82) is 0 Å². The van der Waals surface area contributed by atoms with Crippen LogP contribution >= 0.6 is 0 Å². The molecule has 26 heavy (non-hydrogen) atoms. The van der Waals surface area contributed by atoms with Gasteiger partial charge >= 0.3 is 6.03 Å². The molecule has 3 rings (SSSR count). The summed E-state index contributed by atoms with van der Waals surface area (Å²) in [6, 6.07) is 19.1. The van der Waals surface area contributed by atoms with Gasteiger partial charge in [-0.05, 0) is 35.4 Å². The number of hydrogen-bond donors (Lipinski definition) is 2. The van der Waals surface area contributed by atoms with Crippen LogP contribution in [-0.2, 0) is 0 Å². The largest absolute Gasteiger partial charge is 0.493 e. The first kappa shape index (κ1) is 17.6. The van der Waals surface area contributed by atoms with E-state index >= 15 is 0 Å². The fraction of sp³-hybridized carbons (Fsp3) is 0.190. The Kier molecular flexibility index (Phi) is 5.27. The van der Waals surface area contributed by atoms with E-state index in [2.05, 4.69) is 28.8 Å². The third kappa shape index (κ3) is 3.72. The van der Waals surface area contributed by atoms with Crippen LogP contribution in [0.1, 0.15) is 18.5 Å². The van der Waals surface area contributed by atoms with Crippen molar-refractivity contribution in [2.75, 3.05) is 19.5 Å². The predicted molar refractivity (Wildman–Crippen MR) is 104 cm³/mol. The SMILES string of the molecule is COc1ccc(NC(=O)N[C@@H](C)c2cccc3ccccc23)cc1OC. The van der Waals surface area contributed by atoms with E-state index in [0.717, 1.165) is 16.3 Å². The fourth-order valence-corrected chi connectivity index (χ4v) is 2.98. The number of carbonyl (C=O) groups excluding carboxylic acids is 1. The Balaban J connectivity index is 1.73. The normalized spacial score (nSPS) is 11.7. The number of amides is 2. The summed E-state index contributed by atoms with van der Waals surface area (Å²) >= 11 is 0. The van der Waals surface area contributed by atoms with Crippen LogP contribution in [0.3, 0.4) is 0 Å². The Morgan fingerprint density at radius 2 is 1.65 bits per heavy atom. The molecule has 0 bridgehead atoms. The molecule has 0 heterocycles. The highest BCUT2D eigenvalue weighted by atomic mass is 16.5. The van der Waals surface area contributed by atoms with Gasteiger partial charge in [0.25, 0.3) is 0 Å². The van der Waals surface area contributed by atoms with Gasteiger partial charge in [0.15, 0.2) is 11.5 Å². The quantitative estimate of drug-likeness (QED) is 0.699. The average Bonchev–Trinajstić information content (AvgIpc) is 2.67. The molecule has 2 N–H and O–H groups in total. The number of ether oxygens (including phenoxy) is 2. The standard InChI is InChI=1S/C21H22N2O3/c1-14(17-10-6-8-15-7-4-5-9-18(15)17)22-21(24)23-16-11-12-19(25-2)20(13-16)26-3/h4-14H,1-3H3,(H2,22,23,24)/t14-/m0/s1. The van der Waals surface area contributed by atoms with Crippen LogP contribution < -0.4 is 20.1 Å². The minimum Gasteiger partial charge on any atom is -0.493 e. The minimum atomic E-state index is -0.280. The molecular weight excluding hydrogens is 328 g/mol. The molecule has 2 amide bonds. The van der Waals surface area contributed by atoms with Gasteiger partial charge in [-0.15, -0.1) is 0 Å². The summed E-state index contributed by atoms with van der Waals surface area (Å²) in [5.41, 5.74) is 1.70. The molecule has 5 nitrogen and oxygen atoms in total. The number of hydrogen-bond acceptors (Lipinski definition) is 3. The Morgan fingerprint density at radius 1 is 0.923 bits per heavy atom. The van der Waals surface area contributed by atoms with E-state index in [1.54, 1.807) is 32.4 Å². The van der Waals surface area contributed by atoms with Gasteiger partial charge in [0.2, 0.25) is 0 Å². The van der Waals surface area contributed by atoms with Crippen LogP contribution in [0.5, 0.6) is 11.5 Å². The van der Waals surface area contributed by atoms with Crippen molar-refractivity contribution in [1.82, 2.24) is 5.32 Å². The second-order valence-corrected chi connectivity index (χ2v) is 5.96. The molecule has 0 spiro atoms.